The van der Waals surface area contributed by atoms with Crippen LogP contribution in [0.1, 0.15) is 13.3 Å². The lowest BCUT2D eigenvalue weighted by Crippen LogP contribution is -2.22. The van der Waals surface area contributed by atoms with Gasteiger partial charge in [-0.1, -0.05) is 13.0 Å². The predicted molar refractivity (Wildman–Crippen MR) is 65.0 cm³/mol. The Bertz CT molecular complexity index is 451. The highest BCUT2D eigenvalue weighted by molar-refractivity contribution is 6.61. The monoisotopic (exact) mass is 312 g/mol. The molecule has 0 amide bonds. The van der Waals surface area contributed by atoms with Crippen molar-refractivity contribution in [2.24, 2.45) is 0 Å². The lowest BCUT2D eigenvalue weighted by Gasteiger charge is -2.16. The van der Waals surface area contributed by atoms with Crippen molar-refractivity contribution < 1.29 is 32.2 Å². The number of carbonyl (C=O) groups is 1. The van der Waals surface area contributed by atoms with Crippen LogP contribution in [0.2, 0.25) is 0 Å². The summed E-state index contributed by atoms with van der Waals surface area (Å²) in [5.41, 5.74) is -0.963. The van der Waals surface area contributed by atoms with Gasteiger partial charge in [-0.15, -0.1) is 13.2 Å². The van der Waals surface area contributed by atoms with Gasteiger partial charge in [-0.25, -0.2) is 4.79 Å². The largest absolute Gasteiger partial charge is 0.573 e. The van der Waals surface area contributed by atoms with E-state index in [0.29, 0.717) is 6.42 Å². The van der Waals surface area contributed by atoms with Crippen molar-refractivity contribution in [2.75, 3.05) is 6.61 Å². The lowest BCUT2D eigenvalue weighted by atomic mass is 10.3. The minimum atomic E-state index is -4.77. The molecule has 0 fully saturated rings. The first-order valence-electron chi connectivity index (χ1n) is 5.65. The molecular weight excluding hydrogens is 301 g/mol. The molecule has 1 aromatic carbocycles. The van der Waals surface area contributed by atoms with Gasteiger partial charge in [0.1, 0.15) is 24.2 Å². The summed E-state index contributed by atoms with van der Waals surface area (Å²) in [7, 11) is 0. The minimum Gasteiger partial charge on any atom is -0.490 e. The molecule has 0 N–H and O–H groups in total. The Labute approximate surface area is 118 Å². The number of hydrogen-bond acceptors (Lipinski definition) is 4. The number of alkyl halides is 3. The van der Waals surface area contributed by atoms with Crippen LogP contribution in [-0.2, 0) is 4.74 Å². The van der Waals surface area contributed by atoms with Crippen molar-refractivity contribution in [1.29, 1.82) is 0 Å². The maximum Gasteiger partial charge on any atom is 0.573 e. The standard InChI is InChI=1S/C12H12ClF3O4/c1-2-8(19-11(13)17)7-18-9-4-3-5-10(6-9)20-12(14,15)16/h3-6,8H,2,7H2,1H3. The Balaban J connectivity index is 2.59. The second kappa shape index (κ2) is 7.23. The minimum absolute atomic E-state index is 0.0234. The number of rotatable bonds is 6. The maximum absolute atomic E-state index is 12.0. The van der Waals surface area contributed by atoms with Crippen LogP contribution in [0.4, 0.5) is 18.0 Å². The summed E-state index contributed by atoms with van der Waals surface area (Å²) in [5.74, 6) is -0.229. The van der Waals surface area contributed by atoms with E-state index in [1.807, 2.05) is 0 Å². The molecule has 0 spiro atoms. The normalized spacial score (nSPS) is 12.7. The second-order valence-electron chi connectivity index (χ2n) is 3.72. The van der Waals surface area contributed by atoms with Crippen molar-refractivity contribution in [3.8, 4) is 11.5 Å². The van der Waals surface area contributed by atoms with Gasteiger partial charge < -0.3 is 14.2 Å². The Morgan fingerprint density at radius 3 is 2.55 bits per heavy atom. The number of carbonyl (C=O) groups excluding carboxylic acids is 1. The van der Waals surface area contributed by atoms with Gasteiger partial charge in [0.2, 0.25) is 0 Å². The summed E-state index contributed by atoms with van der Waals surface area (Å²) in [6, 6.07) is 5.04. The highest BCUT2D eigenvalue weighted by atomic mass is 35.5. The smallest absolute Gasteiger partial charge is 0.490 e. The van der Waals surface area contributed by atoms with Gasteiger partial charge in [-0.05, 0) is 18.6 Å². The van der Waals surface area contributed by atoms with E-state index in [1.165, 1.54) is 12.1 Å². The van der Waals surface area contributed by atoms with Crippen molar-refractivity contribution in [1.82, 2.24) is 0 Å². The van der Waals surface area contributed by atoms with E-state index in [4.69, 9.17) is 21.1 Å². The molecule has 20 heavy (non-hydrogen) atoms. The highest BCUT2D eigenvalue weighted by Crippen LogP contribution is 2.26. The van der Waals surface area contributed by atoms with Gasteiger partial charge in [0.05, 0.1) is 0 Å². The summed E-state index contributed by atoms with van der Waals surface area (Å²) in [5, 5.41) is 0. The molecule has 1 rings (SSSR count). The Morgan fingerprint density at radius 2 is 2.00 bits per heavy atom. The van der Waals surface area contributed by atoms with Crippen LogP contribution in [0.15, 0.2) is 24.3 Å². The van der Waals surface area contributed by atoms with E-state index >= 15 is 0 Å². The summed E-state index contributed by atoms with van der Waals surface area (Å²) in [6.07, 6.45) is -4.89. The van der Waals surface area contributed by atoms with E-state index in [9.17, 15) is 18.0 Å². The summed E-state index contributed by atoms with van der Waals surface area (Å²) < 4.78 is 49.9. The Morgan fingerprint density at radius 1 is 1.35 bits per heavy atom. The summed E-state index contributed by atoms with van der Waals surface area (Å²) in [4.78, 5) is 10.6. The van der Waals surface area contributed by atoms with Crippen molar-refractivity contribution in [3.63, 3.8) is 0 Å². The van der Waals surface area contributed by atoms with Crippen LogP contribution in [0.25, 0.3) is 0 Å². The second-order valence-corrected chi connectivity index (χ2v) is 4.03. The molecule has 1 atom stereocenters. The first-order valence-corrected chi connectivity index (χ1v) is 6.02. The number of hydrogen-bond donors (Lipinski definition) is 0. The first kappa shape index (κ1) is 16.4. The van der Waals surface area contributed by atoms with E-state index in [2.05, 4.69) is 4.74 Å². The molecule has 0 saturated heterocycles. The zero-order valence-corrected chi connectivity index (χ0v) is 11.2. The van der Waals surface area contributed by atoms with Gasteiger partial charge in [-0.3, -0.25) is 0 Å². The third-order valence-electron chi connectivity index (χ3n) is 2.19. The van der Waals surface area contributed by atoms with Crippen LogP contribution >= 0.6 is 11.6 Å². The fraction of sp³-hybridized carbons (Fsp3) is 0.417. The zero-order chi connectivity index (χ0) is 15.2. The predicted octanol–water partition coefficient (Wildman–Crippen LogP) is 4.12. The number of ether oxygens (including phenoxy) is 3. The SMILES string of the molecule is CCC(COc1cccc(OC(F)(F)F)c1)OC(=O)Cl. The summed E-state index contributed by atoms with van der Waals surface area (Å²) >= 11 is 5.07. The first-order chi connectivity index (χ1) is 9.30. The Hall–Kier alpha value is -1.63. The fourth-order valence-electron chi connectivity index (χ4n) is 1.32. The molecule has 112 valence electrons. The van der Waals surface area contributed by atoms with Crippen LogP contribution in [0.3, 0.4) is 0 Å². The van der Waals surface area contributed by atoms with Gasteiger partial charge in [0.15, 0.2) is 0 Å². The van der Waals surface area contributed by atoms with Gasteiger partial charge in [-0.2, -0.15) is 0 Å². The fourth-order valence-corrected chi connectivity index (χ4v) is 1.44. The maximum atomic E-state index is 12.0. The van der Waals surface area contributed by atoms with Gasteiger partial charge in [0.25, 0.3) is 0 Å². The average molecular weight is 313 g/mol. The molecule has 0 heterocycles. The molecule has 8 heteroatoms. The van der Waals surface area contributed by atoms with Crippen LogP contribution in [0.5, 0.6) is 11.5 Å². The van der Waals surface area contributed by atoms with Crippen LogP contribution in [0, 0.1) is 0 Å². The molecule has 0 bridgehead atoms. The molecule has 0 aliphatic heterocycles. The van der Waals surface area contributed by atoms with Crippen molar-refractivity contribution in [2.45, 2.75) is 25.8 Å². The number of halogens is 4. The van der Waals surface area contributed by atoms with E-state index in [1.54, 1.807) is 6.92 Å². The van der Waals surface area contributed by atoms with Gasteiger partial charge >= 0.3 is 11.8 Å². The topological polar surface area (TPSA) is 44.8 Å². The Kier molecular flexibility index (Phi) is 5.94. The lowest BCUT2D eigenvalue weighted by molar-refractivity contribution is -0.274. The van der Waals surface area contributed by atoms with Crippen LogP contribution in [-0.4, -0.2) is 24.5 Å². The molecule has 1 unspecified atom stereocenters. The average Bonchev–Trinajstić information content (AvgIpc) is 2.32. The molecule has 0 radical (unpaired) electrons. The number of benzene rings is 1. The third-order valence-corrected chi connectivity index (χ3v) is 2.28. The molecule has 0 aliphatic carbocycles. The molecule has 0 saturated carbocycles. The zero-order valence-electron chi connectivity index (χ0n) is 10.4. The molecule has 4 nitrogen and oxygen atoms in total. The van der Waals surface area contributed by atoms with Crippen molar-refractivity contribution in [3.05, 3.63) is 24.3 Å². The molecule has 1 aromatic rings. The van der Waals surface area contributed by atoms with Crippen LogP contribution < -0.4 is 9.47 Å². The van der Waals surface area contributed by atoms with E-state index < -0.39 is 23.6 Å². The van der Waals surface area contributed by atoms with E-state index in [0.717, 1.165) is 12.1 Å². The quantitative estimate of drug-likeness (QED) is 0.741. The summed E-state index contributed by atoms with van der Waals surface area (Å²) in [6.45, 7) is 1.72. The highest BCUT2D eigenvalue weighted by Gasteiger charge is 2.31. The molecule has 0 aliphatic rings. The molecular formula is C12H12ClF3O4. The van der Waals surface area contributed by atoms with Crippen molar-refractivity contribution >= 4 is 17.0 Å². The van der Waals surface area contributed by atoms with Gasteiger partial charge in [0, 0.05) is 17.7 Å². The van der Waals surface area contributed by atoms with E-state index in [-0.39, 0.29) is 12.4 Å². The molecule has 0 aromatic heterocycles. The third kappa shape index (κ3) is 6.51.